The largest absolute Gasteiger partial charge is 0.348 e. The molecule has 0 saturated heterocycles. The highest BCUT2D eigenvalue weighted by molar-refractivity contribution is 5.25. The van der Waals surface area contributed by atoms with Gasteiger partial charge < -0.3 is 0 Å². The summed E-state index contributed by atoms with van der Waals surface area (Å²) < 4.78 is 1.85. The van der Waals surface area contributed by atoms with Crippen molar-refractivity contribution in [2.75, 3.05) is 0 Å². The zero-order chi connectivity index (χ0) is 6.10. The summed E-state index contributed by atoms with van der Waals surface area (Å²) in [7, 11) is 0. The molecule has 2 aromatic rings. The topological polar surface area (TPSA) is 32.8 Å². The molecule has 0 aromatic carbocycles. The lowest BCUT2D eigenvalue weighted by atomic mass is 10.5. The Morgan fingerprint density at radius 3 is 3.33 bits per heavy atom. The van der Waals surface area contributed by atoms with Crippen LogP contribution in [0.4, 0.5) is 0 Å². The van der Waals surface area contributed by atoms with Crippen LogP contribution in [0.2, 0.25) is 0 Å². The first-order chi connectivity index (χ1) is 4.47. The van der Waals surface area contributed by atoms with Crippen LogP contribution in [0.5, 0.6) is 0 Å². The van der Waals surface area contributed by atoms with E-state index in [4.69, 9.17) is 0 Å². The SMILES string of the molecule is c1cc[n+]2[nH]cnc2c1. The molecule has 0 unspecified atom stereocenters. The van der Waals surface area contributed by atoms with Gasteiger partial charge in [-0.3, -0.25) is 0 Å². The smallest absolute Gasteiger partial charge is 0.189 e. The molecule has 0 bridgehead atoms. The number of rotatable bonds is 0. The Bertz CT molecular complexity index is 282. The summed E-state index contributed by atoms with van der Waals surface area (Å²) in [6, 6.07) is 5.85. The van der Waals surface area contributed by atoms with E-state index in [1.165, 1.54) is 0 Å². The number of H-pyrrole nitrogens is 1. The van der Waals surface area contributed by atoms with E-state index < -0.39 is 0 Å². The first-order valence-electron chi connectivity index (χ1n) is 2.76. The van der Waals surface area contributed by atoms with Crippen LogP contribution in [0, 0.1) is 0 Å². The van der Waals surface area contributed by atoms with Crippen molar-refractivity contribution in [1.82, 2.24) is 10.1 Å². The Hall–Kier alpha value is -1.38. The normalized spacial score (nSPS) is 10.2. The van der Waals surface area contributed by atoms with E-state index in [1.807, 2.05) is 28.9 Å². The summed E-state index contributed by atoms with van der Waals surface area (Å²) in [6.45, 7) is 0. The van der Waals surface area contributed by atoms with Crippen molar-refractivity contribution in [2.45, 2.75) is 0 Å². The van der Waals surface area contributed by atoms with Crippen LogP contribution >= 0.6 is 0 Å². The number of aromatic amines is 1. The van der Waals surface area contributed by atoms with Crippen molar-refractivity contribution in [1.29, 1.82) is 0 Å². The van der Waals surface area contributed by atoms with Crippen LogP contribution in [-0.4, -0.2) is 10.1 Å². The molecule has 9 heavy (non-hydrogen) atoms. The maximum Gasteiger partial charge on any atom is 0.348 e. The van der Waals surface area contributed by atoms with E-state index >= 15 is 0 Å². The number of fused-ring (bicyclic) bond motifs is 1. The van der Waals surface area contributed by atoms with E-state index in [0.717, 1.165) is 5.65 Å². The molecule has 0 aliphatic heterocycles. The minimum atomic E-state index is 0.942. The molecule has 0 radical (unpaired) electrons. The van der Waals surface area contributed by atoms with Crippen LogP contribution in [0.1, 0.15) is 0 Å². The van der Waals surface area contributed by atoms with Crippen molar-refractivity contribution in [3.63, 3.8) is 0 Å². The fourth-order valence-electron chi connectivity index (χ4n) is 0.806. The fourth-order valence-corrected chi connectivity index (χ4v) is 0.806. The van der Waals surface area contributed by atoms with E-state index in [2.05, 4.69) is 10.1 Å². The zero-order valence-corrected chi connectivity index (χ0v) is 4.78. The Labute approximate surface area is 52.0 Å². The molecule has 2 heterocycles. The van der Waals surface area contributed by atoms with Crippen LogP contribution < -0.4 is 4.52 Å². The highest BCUT2D eigenvalue weighted by atomic mass is 15.3. The molecule has 0 aliphatic carbocycles. The van der Waals surface area contributed by atoms with Gasteiger partial charge in [-0.05, 0) is 11.1 Å². The van der Waals surface area contributed by atoms with Gasteiger partial charge in [0, 0.05) is 6.07 Å². The third-order valence-electron chi connectivity index (χ3n) is 1.23. The van der Waals surface area contributed by atoms with Gasteiger partial charge in [-0.1, -0.05) is 6.07 Å². The monoisotopic (exact) mass is 120 g/mol. The fraction of sp³-hybridized carbons (Fsp3) is 0. The minimum Gasteiger partial charge on any atom is -0.189 e. The number of hydrogen-bond acceptors (Lipinski definition) is 1. The Balaban J connectivity index is 2.95. The van der Waals surface area contributed by atoms with Crippen molar-refractivity contribution < 1.29 is 4.52 Å². The molecular formula is C6H6N3+. The second kappa shape index (κ2) is 1.55. The van der Waals surface area contributed by atoms with Crippen LogP contribution in [0.25, 0.3) is 5.65 Å². The summed E-state index contributed by atoms with van der Waals surface area (Å²) in [6.07, 6.45) is 3.58. The lowest BCUT2D eigenvalue weighted by Gasteiger charge is -1.76. The van der Waals surface area contributed by atoms with Gasteiger partial charge in [-0.2, -0.15) is 5.10 Å². The van der Waals surface area contributed by atoms with Crippen molar-refractivity contribution in [2.24, 2.45) is 0 Å². The molecular weight excluding hydrogens is 114 g/mol. The first-order valence-corrected chi connectivity index (χ1v) is 2.76. The second-order valence-corrected chi connectivity index (χ2v) is 1.82. The number of nitrogens with one attached hydrogen (secondary N) is 1. The number of pyridine rings is 1. The number of nitrogens with zero attached hydrogens (tertiary/aromatic N) is 2. The van der Waals surface area contributed by atoms with Gasteiger partial charge in [-0.25, -0.2) is 0 Å². The predicted octanol–water partition coefficient (Wildman–Crippen LogP) is 0.148. The van der Waals surface area contributed by atoms with Gasteiger partial charge in [0.15, 0.2) is 0 Å². The molecule has 1 N–H and O–H groups in total. The van der Waals surface area contributed by atoms with Crippen molar-refractivity contribution in [3.8, 4) is 0 Å². The van der Waals surface area contributed by atoms with Gasteiger partial charge in [0.25, 0.3) is 0 Å². The maximum atomic E-state index is 4.03. The molecule has 0 saturated carbocycles. The Kier molecular flexibility index (Phi) is 0.773. The van der Waals surface area contributed by atoms with E-state index in [-0.39, 0.29) is 0 Å². The molecule has 2 aromatic heterocycles. The summed E-state index contributed by atoms with van der Waals surface area (Å²) in [5.41, 5.74) is 0.942. The molecule has 0 amide bonds. The standard InChI is InChI=1S/C6H5N3/c1-2-4-9-6(3-1)7-5-8-9/h1-5H/p+1. The third kappa shape index (κ3) is 0.579. The molecule has 0 aliphatic rings. The summed E-state index contributed by atoms with van der Waals surface area (Å²) in [5, 5.41) is 2.93. The maximum absolute atomic E-state index is 4.03. The van der Waals surface area contributed by atoms with E-state index in [9.17, 15) is 0 Å². The molecule has 44 valence electrons. The average Bonchev–Trinajstić information content (AvgIpc) is 2.33. The molecule has 0 spiro atoms. The van der Waals surface area contributed by atoms with Crippen LogP contribution in [0.3, 0.4) is 0 Å². The summed E-state index contributed by atoms with van der Waals surface area (Å²) in [5.74, 6) is 0. The van der Waals surface area contributed by atoms with Gasteiger partial charge in [0.05, 0.1) is 0 Å². The molecule has 3 nitrogen and oxygen atoms in total. The van der Waals surface area contributed by atoms with Gasteiger partial charge in [-0.15, -0.1) is 4.52 Å². The quantitative estimate of drug-likeness (QED) is 0.493. The molecule has 0 fully saturated rings. The molecule has 0 atom stereocenters. The second-order valence-electron chi connectivity index (χ2n) is 1.82. The van der Waals surface area contributed by atoms with Crippen molar-refractivity contribution in [3.05, 3.63) is 30.7 Å². The van der Waals surface area contributed by atoms with Crippen LogP contribution in [0.15, 0.2) is 30.7 Å². The Morgan fingerprint density at radius 1 is 1.44 bits per heavy atom. The minimum absolute atomic E-state index is 0.942. The summed E-state index contributed by atoms with van der Waals surface area (Å²) >= 11 is 0. The number of aromatic nitrogens is 3. The zero-order valence-electron chi connectivity index (χ0n) is 4.78. The molecule has 3 heteroatoms. The highest BCUT2D eigenvalue weighted by Crippen LogP contribution is 1.85. The third-order valence-corrected chi connectivity index (χ3v) is 1.23. The van der Waals surface area contributed by atoms with E-state index in [0.29, 0.717) is 0 Å². The molecule has 2 rings (SSSR count). The van der Waals surface area contributed by atoms with Gasteiger partial charge >= 0.3 is 5.65 Å². The van der Waals surface area contributed by atoms with Crippen molar-refractivity contribution >= 4 is 5.65 Å². The lowest BCUT2D eigenvalue weighted by molar-refractivity contribution is -0.577. The van der Waals surface area contributed by atoms with Gasteiger partial charge in [0.1, 0.15) is 6.20 Å². The highest BCUT2D eigenvalue weighted by Gasteiger charge is 1.98. The number of hydrogen-bond donors (Lipinski definition) is 1. The predicted molar refractivity (Wildman–Crippen MR) is 31.7 cm³/mol. The Morgan fingerprint density at radius 2 is 2.44 bits per heavy atom. The lowest BCUT2D eigenvalue weighted by Crippen LogP contribution is -2.20. The van der Waals surface area contributed by atoms with Crippen LogP contribution in [-0.2, 0) is 0 Å². The summed E-state index contributed by atoms with van der Waals surface area (Å²) in [4.78, 5) is 4.03. The first kappa shape index (κ1) is 4.49. The average molecular weight is 120 g/mol. The van der Waals surface area contributed by atoms with E-state index in [1.54, 1.807) is 6.33 Å². The van der Waals surface area contributed by atoms with Gasteiger partial charge in [0.2, 0.25) is 6.33 Å².